The van der Waals surface area contributed by atoms with E-state index >= 15 is 0 Å². The van der Waals surface area contributed by atoms with Crippen LogP contribution in [-0.2, 0) is 4.79 Å². The van der Waals surface area contributed by atoms with Crippen LogP contribution in [0.4, 0.5) is 5.82 Å². The van der Waals surface area contributed by atoms with Crippen molar-refractivity contribution in [3.63, 3.8) is 0 Å². The van der Waals surface area contributed by atoms with Crippen LogP contribution in [0.5, 0.6) is 0 Å². The van der Waals surface area contributed by atoms with E-state index in [4.69, 9.17) is 5.11 Å². The minimum absolute atomic E-state index is 0.0301. The van der Waals surface area contributed by atoms with E-state index in [1.807, 2.05) is 0 Å². The predicted octanol–water partition coefficient (Wildman–Crippen LogP) is 2.32. The average molecular weight is 262 g/mol. The summed E-state index contributed by atoms with van der Waals surface area (Å²) in [6, 6.07) is 3.02. The van der Waals surface area contributed by atoms with Gasteiger partial charge in [0.1, 0.15) is 5.82 Å². The van der Waals surface area contributed by atoms with Crippen molar-refractivity contribution in [1.29, 1.82) is 0 Å². The molecule has 5 heteroatoms. The summed E-state index contributed by atoms with van der Waals surface area (Å²) >= 11 is 0. The third-order valence-corrected chi connectivity index (χ3v) is 3.70. The van der Waals surface area contributed by atoms with Gasteiger partial charge in [0.05, 0.1) is 5.56 Å². The van der Waals surface area contributed by atoms with E-state index in [0.29, 0.717) is 18.2 Å². The van der Waals surface area contributed by atoms with Gasteiger partial charge in [-0.1, -0.05) is 19.3 Å². The Morgan fingerprint density at radius 1 is 1.42 bits per heavy atom. The number of anilines is 1. The number of carbonyl (C=O) groups is 2. The van der Waals surface area contributed by atoms with Crippen molar-refractivity contribution in [2.24, 2.45) is 5.92 Å². The standard InChI is InChI=1S/C14H18N2O3/c1-16(13(17)8-5-10-3-2-4-10)12-7-6-11(9-15-12)14(18)19/h6-7,9-10H,2-5,8H2,1H3,(H,18,19). The molecule has 2 rings (SSSR count). The number of aromatic nitrogens is 1. The number of amides is 1. The first-order chi connectivity index (χ1) is 9.08. The van der Waals surface area contributed by atoms with Crippen molar-refractivity contribution < 1.29 is 14.7 Å². The smallest absolute Gasteiger partial charge is 0.337 e. The summed E-state index contributed by atoms with van der Waals surface area (Å²) in [6.07, 6.45) is 6.51. The van der Waals surface area contributed by atoms with Crippen molar-refractivity contribution in [2.45, 2.75) is 32.1 Å². The van der Waals surface area contributed by atoms with E-state index in [0.717, 1.165) is 6.42 Å². The van der Waals surface area contributed by atoms with Gasteiger partial charge in [-0.15, -0.1) is 0 Å². The molecular weight excluding hydrogens is 244 g/mol. The van der Waals surface area contributed by atoms with Crippen LogP contribution in [0.1, 0.15) is 42.5 Å². The summed E-state index contributed by atoms with van der Waals surface area (Å²) in [5, 5.41) is 8.78. The van der Waals surface area contributed by atoms with Gasteiger partial charge in [0, 0.05) is 19.7 Å². The van der Waals surface area contributed by atoms with Gasteiger partial charge in [0.15, 0.2) is 0 Å². The maximum Gasteiger partial charge on any atom is 0.337 e. The molecule has 0 aromatic carbocycles. The van der Waals surface area contributed by atoms with Gasteiger partial charge in [0.2, 0.25) is 5.91 Å². The topological polar surface area (TPSA) is 70.5 Å². The second-order valence-electron chi connectivity index (χ2n) is 5.00. The Morgan fingerprint density at radius 3 is 2.63 bits per heavy atom. The van der Waals surface area contributed by atoms with Gasteiger partial charge < -0.3 is 5.11 Å². The second-order valence-corrected chi connectivity index (χ2v) is 5.00. The molecule has 1 N–H and O–H groups in total. The van der Waals surface area contributed by atoms with Gasteiger partial charge in [-0.05, 0) is 24.5 Å². The van der Waals surface area contributed by atoms with Gasteiger partial charge in [0.25, 0.3) is 0 Å². The summed E-state index contributed by atoms with van der Waals surface area (Å²) in [6.45, 7) is 0. The minimum atomic E-state index is -1.02. The molecule has 5 nitrogen and oxygen atoms in total. The zero-order valence-corrected chi connectivity index (χ0v) is 11.0. The molecule has 1 aromatic heterocycles. The lowest BCUT2D eigenvalue weighted by molar-refractivity contribution is -0.118. The van der Waals surface area contributed by atoms with Crippen LogP contribution in [-0.4, -0.2) is 29.0 Å². The van der Waals surface area contributed by atoms with Crippen LogP contribution < -0.4 is 4.90 Å². The molecule has 1 aromatic rings. The molecule has 0 atom stereocenters. The molecule has 19 heavy (non-hydrogen) atoms. The third-order valence-electron chi connectivity index (χ3n) is 3.70. The zero-order chi connectivity index (χ0) is 13.8. The fraction of sp³-hybridized carbons (Fsp3) is 0.500. The molecule has 1 aliphatic carbocycles. The lowest BCUT2D eigenvalue weighted by Gasteiger charge is -2.25. The second kappa shape index (κ2) is 5.82. The van der Waals surface area contributed by atoms with Crippen molar-refractivity contribution in [3.8, 4) is 0 Å². The van der Waals surface area contributed by atoms with Crippen LogP contribution >= 0.6 is 0 Å². The number of rotatable bonds is 5. The quantitative estimate of drug-likeness (QED) is 0.884. The number of carbonyl (C=O) groups excluding carboxylic acids is 1. The number of carboxylic acid groups (broad SMARTS) is 1. The van der Waals surface area contributed by atoms with Crippen molar-refractivity contribution in [2.75, 3.05) is 11.9 Å². The van der Waals surface area contributed by atoms with Gasteiger partial charge in [-0.3, -0.25) is 9.69 Å². The molecule has 0 saturated heterocycles. The summed E-state index contributed by atoms with van der Waals surface area (Å²) in [5.74, 6) is 0.212. The van der Waals surface area contributed by atoms with Crippen molar-refractivity contribution in [3.05, 3.63) is 23.9 Å². The highest BCUT2D eigenvalue weighted by Gasteiger charge is 2.20. The fourth-order valence-electron chi connectivity index (χ4n) is 2.12. The molecule has 0 unspecified atom stereocenters. The van der Waals surface area contributed by atoms with Crippen LogP contribution in [0.15, 0.2) is 18.3 Å². The first kappa shape index (κ1) is 13.5. The van der Waals surface area contributed by atoms with E-state index in [1.165, 1.54) is 36.4 Å². The molecule has 1 fully saturated rings. The summed E-state index contributed by atoms with van der Waals surface area (Å²) in [4.78, 5) is 28.2. The summed E-state index contributed by atoms with van der Waals surface area (Å²) < 4.78 is 0. The zero-order valence-electron chi connectivity index (χ0n) is 11.0. The molecule has 1 heterocycles. The van der Waals surface area contributed by atoms with Gasteiger partial charge in [-0.2, -0.15) is 0 Å². The third kappa shape index (κ3) is 3.30. The van der Waals surface area contributed by atoms with Crippen LogP contribution in [0.25, 0.3) is 0 Å². The monoisotopic (exact) mass is 262 g/mol. The Balaban J connectivity index is 1.91. The largest absolute Gasteiger partial charge is 0.478 e. The molecular formula is C14H18N2O3. The van der Waals surface area contributed by atoms with E-state index in [2.05, 4.69) is 4.98 Å². The molecule has 1 aliphatic rings. The molecule has 0 aliphatic heterocycles. The van der Waals surface area contributed by atoms with E-state index < -0.39 is 5.97 Å². The Morgan fingerprint density at radius 2 is 2.16 bits per heavy atom. The number of aromatic carboxylic acids is 1. The number of pyridine rings is 1. The Kier molecular flexibility index (Phi) is 4.14. The van der Waals surface area contributed by atoms with Crippen LogP contribution in [0, 0.1) is 5.92 Å². The Labute approximate surface area is 112 Å². The number of nitrogens with zero attached hydrogens (tertiary/aromatic N) is 2. The predicted molar refractivity (Wildman–Crippen MR) is 71.2 cm³/mol. The first-order valence-electron chi connectivity index (χ1n) is 6.54. The Bertz CT molecular complexity index is 466. The summed E-state index contributed by atoms with van der Waals surface area (Å²) in [7, 11) is 1.67. The maximum atomic E-state index is 12.0. The lowest BCUT2D eigenvalue weighted by Crippen LogP contribution is -2.28. The number of hydrogen-bond acceptors (Lipinski definition) is 3. The van der Waals surface area contributed by atoms with Crippen molar-refractivity contribution >= 4 is 17.7 Å². The Hall–Kier alpha value is -1.91. The van der Waals surface area contributed by atoms with Gasteiger partial charge in [-0.25, -0.2) is 9.78 Å². The molecule has 0 bridgehead atoms. The van der Waals surface area contributed by atoms with E-state index in [9.17, 15) is 9.59 Å². The summed E-state index contributed by atoms with van der Waals surface area (Å²) in [5.41, 5.74) is 0.124. The van der Waals surface area contributed by atoms with Gasteiger partial charge >= 0.3 is 5.97 Å². The maximum absolute atomic E-state index is 12.0. The molecule has 0 spiro atoms. The minimum Gasteiger partial charge on any atom is -0.478 e. The normalized spacial score (nSPS) is 14.8. The first-order valence-corrected chi connectivity index (χ1v) is 6.54. The average Bonchev–Trinajstić information content (AvgIpc) is 2.36. The molecule has 102 valence electrons. The molecule has 0 radical (unpaired) electrons. The van der Waals surface area contributed by atoms with Crippen LogP contribution in [0.2, 0.25) is 0 Å². The highest BCUT2D eigenvalue weighted by molar-refractivity contribution is 5.92. The van der Waals surface area contributed by atoms with E-state index in [-0.39, 0.29) is 11.5 Å². The van der Waals surface area contributed by atoms with Crippen LogP contribution in [0.3, 0.4) is 0 Å². The number of carboxylic acids is 1. The number of hydrogen-bond donors (Lipinski definition) is 1. The highest BCUT2D eigenvalue weighted by atomic mass is 16.4. The SMILES string of the molecule is CN(C(=O)CCC1CCC1)c1ccc(C(=O)O)cn1. The lowest BCUT2D eigenvalue weighted by atomic mass is 9.82. The van der Waals surface area contributed by atoms with Crippen molar-refractivity contribution in [1.82, 2.24) is 4.98 Å². The molecule has 1 amide bonds. The van der Waals surface area contributed by atoms with E-state index in [1.54, 1.807) is 13.1 Å². The highest BCUT2D eigenvalue weighted by Crippen LogP contribution is 2.30. The molecule has 1 saturated carbocycles. The fourth-order valence-corrected chi connectivity index (χ4v) is 2.12.